The Morgan fingerprint density at radius 1 is 1.69 bits per heavy atom. The topological polar surface area (TPSA) is 48.7 Å². The first-order chi connectivity index (χ1) is 6.29. The number of terminal acetylenes is 1. The Labute approximate surface area is 85.5 Å². The van der Waals surface area contributed by atoms with Gasteiger partial charge in [-0.1, -0.05) is 11.6 Å². The van der Waals surface area contributed by atoms with Gasteiger partial charge in [0.25, 0.3) is 0 Å². The molecule has 0 aliphatic heterocycles. The molecular weight excluding hydrogens is 206 g/mol. The molecule has 0 aromatic carbocycles. The number of nitrogens with one attached hydrogen (secondary N) is 1. The molecule has 0 unspecified atom stereocenters. The van der Waals surface area contributed by atoms with Crippen LogP contribution in [0.1, 0.15) is 12.0 Å². The number of nitrogens with zero attached hydrogens (tertiary/aromatic N) is 2. The van der Waals surface area contributed by atoms with Gasteiger partial charge in [0.2, 0.25) is 0 Å². The van der Waals surface area contributed by atoms with Gasteiger partial charge in [-0.25, -0.2) is 0 Å². The van der Waals surface area contributed by atoms with Crippen LogP contribution in [0, 0.1) is 23.7 Å². The minimum atomic E-state index is 0.246. The fourth-order valence-corrected chi connectivity index (χ4v) is 1.70. The Hall–Kier alpha value is -1.23. The number of hydrogen-bond acceptors (Lipinski definition) is 4. The van der Waals surface area contributed by atoms with Crippen LogP contribution in [0.4, 0.5) is 5.00 Å². The smallest absolute Gasteiger partial charge is 0.162 e. The van der Waals surface area contributed by atoms with Crippen molar-refractivity contribution in [2.75, 3.05) is 11.9 Å². The summed E-state index contributed by atoms with van der Waals surface area (Å²) in [5, 5.41) is 12.6. The van der Waals surface area contributed by atoms with Gasteiger partial charge in [-0.05, 0) is 11.5 Å². The Balaban J connectivity index is 2.68. The van der Waals surface area contributed by atoms with Gasteiger partial charge < -0.3 is 5.32 Å². The molecule has 1 N–H and O–H groups in total. The third kappa shape index (κ3) is 2.35. The van der Waals surface area contributed by atoms with Gasteiger partial charge in [0.15, 0.2) is 5.15 Å². The zero-order chi connectivity index (χ0) is 9.68. The molecule has 1 heterocycles. The molecule has 3 nitrogen and oxygen atoms in total. The van der Waals surface area contributed by atoms with Crippen LogP contribution >= 0.6 is 23.1 Å². The molecule has 0 bridgehead atoms. The maximum absolute atomic E-state index is 8.70. The molecule has 13 heavy (non-hydrogen) atoms. The van der Waals surface area contributed by atoms with Crippen LogP contribution in [0.25, 0.3) is 0 Å². The number of nitriles is 1. The zero-order valence-corrected chi connectivity index (χ0v) is 8.24. The third-order valence-corrected chi connectivity index (χ3v) is 2.50. The second-order valence-electron chi connectivity index (χ2n) is 2.17. The van der Waals surface area contributed by atoms with Crippen molar-refractivity contribution in [3.63, 3.8) is 0 Å². The molecule has 0 saturated carbocycles. The van der Waals surface area contributed by atoms with Crippen molar-refractivity contribution in [2.45, 2.75) is 6.42 Å². The monoisotopic (exact) mass is 211 g/mol. The van der Waals surface area contributed by atoms with E-state index in [0.717, 1.165) is 0 Å². The molecule has 0 fully saturated rings. The largest absolute Gasteiger partial charge is 0.374 e. The van der Waals surface area contributed by atoms with E-state index in [4.69, 9.17) is 23.3 Å². The lowest BCUT2D eigenvalue weighted by Crippen LogP contribution is -1.99. The third-order valence-electron chi connectivity index (χ3n) is 1.32. The van der Waals surface area contributed by atoms with Crippen LogP contribution in [0.3, 0.4) is 0 Å². The number of hydrogen-bond donors (Lipinski definition) is 1. The maximum atomic E-state index is 8.70. The number of halogens is 1. The molecule has 1 rings (SSSR count). The molecule has 1 aromatic rings. The van der Waals surface area contributed by atoms with Crippen molar-refractivity contribution >= 4 is 28.1 Å². The van der Waals surface area contributed by atoms with Crippen LogP contribution in [0.2, 0.25) is 5.15 Å². The van der Waals surface area contributed by atoms with E-state index in [0.29, 0.717) is 23.5 Å². The molecule has 1 aromatic heterocycles. The summed E-state index contributed by atoms with van der Waals surface area (Å²) in [6.45, 7) is 0.629. The second-order valence-corrected chi connectivity index (χ2v) is 3.30. The van der Waals surface area contributed by atoms with E-state index in [1.165, 1.54) is 11.5 Å². The van der Waals surface area contributed by atoms with Gasteiger partial charge in [-0.3, -0.25) is 0 Å². The average molecular weight is 212 g/mol. The first kappa shape index (κ1) is 9.85. The summed E-state index contributed by atoms with van der Waals surface area (Å²) in [6, 6.07) is 1.97. The van der Waals surface area contributed by atoms with Gasteiger partial charge in [0.05, 0.1) is 0 Å². The Morgan fingerprint density at radius 3 is 3.08 bits per heavy atom. The van der Waals surface area contributed by atoms with Gasteiger partial charge in [-0.2, -0.15) is 9.64 Å². The lowest BCUT2D eigenvalue weighted by atomic mass is 10.3. The maximum Gasteiger partial charge on any atom is 0.162 e. The SMILES string of the molecule is C#CCCNc1snc(Cl)c1C#N. The summed E-state index contributed by atoms with van der Waals surface area (Å²) in [4.78, 5) is 0. The molecule has 0 saturated heterocycles. The molecule has 66 valence electrons. The minimum absolute atomic E-state index is 0.246. The second kappa shape index (κ2) is 4.71. The fraction of sp³-hybridized carbons (Fsp3) is 0.250. The molecular formula is C8H6ClN3S. The Kier molecular flexibility index (Phi) is 3.57. The predicted molar refractivity (Wildman–Crippen MR) is 53.8 cm³/mol. The zero-order valence-electron chi connectivity index (χ0n) is 6.67. The highest BCUT2D eigenvalue weighted by molar-refractivity contribution is 7.10. The molecule has 0 atom stereocenters. The van der Waals surface area contributed by atoms with E-state index in [1.807, 2.05) is 6.07 Å². The van der Waals surface area contributed by atoms with Crippen LogP contribution in [0.5, 0.6) is 0 Å². The fourth-order valence-electron chi connectivity index (χ4n) is 0.736. The van der Waals surface area contributed by atoms with E-state index in [2.05, 4.69) is 15.6 Å². The van der Waals surface area contributed by atoms with Crippen LogP contribution < -0.4 is 5.32 Å². The molecule has 0 spiro atoms. The van der Waals surface area contributed by atoms with Crippen molar-refractivity contribution < 1.29 is 0 Å². The van der Waals surface area contributed by atoms with E-state index < -0.39 is 0 Å². The van der Waals surface area contributed by atoms with Gasteiger partial charge >= 0.3 is 0 Å². The quantitative estimate of drug-likeness (QED) is 0.615. The van der Waals surface area contributed by atoms with Gasteiger partial charge in [-0.15, -0.1) is 12.3 Å². The lowest BCUT2D eigenvalue weighted by Gasteiger charge is -1.98. The summed E-state index contributed by atoms with van der Waals surface area (Å²) in [5.74, 6) is 2.49. The standard InChI is InChI=1S/C8H6ClN3S/c1-2-3-4-11-8-6(5-10)7(9)12-13-8/h1,11H,3-4H2. The van der Waals surface area contributed by atoms with Crippen molar-refractivity contribution in [2.24, 2.45) is 0 Å². The first-order valence-corrected chi connectivity index (χ1v) is 4.67. The summed E-state index contributed by atoms with van der Waals surface area (Å²) in [6.07, 6.45) is 5.69. The van der Waals surface area contributed by atoms with E-state index in [-0.39, 0.29) is 5.15 Å². The van der Waals surface area contributed by atoms with Gasteiger partial charge in [0, 0.05) is 13.0 Å². The molecule has 5 heteroatoms. The van der Waals surface area contributed by atoms with Crippen LogP contribution in [-0.2, 0) is 0 Å². The highest BCUT2D eigenvalue weighted by Gasteiger charge is 2.10. The number of aromatic nitrogens is 1. The summed E-state index contributed by atoms with van der Waals surface area (Å²) in [5.41, 5.74) is 0.392. The predicted octanol–water partition coefficient (Wildman–Crippen LogP) is 2.10. The molecule has 0 radical (unpaired) electrons. The highest BCUT2D eigenvalue weighted by Crippen LogP contribution is 2.27. The van der Waals surface area contributed by atoms with Crippen molar-refractivity contribution in [3.8, 4) is 18.4 Å². The number of rotatable bonds is 3. The van der Waals surface area contributed by atoms with Crippen molar-refractivity contribution in [1.82, 2.24) is 4.37 Å². The molecule has 0 aliphatic carbocycles. The molecule has 0 amide bonds. The summed E-state index contributed by atoms with van der Waals surface area (Å²) >= 11 is 6.82. The average Bonchev–Trinajstić information content (AvgIpc) is 2.47. The first-order valence-electron chi connectivity index (χ1n) is 3.52. The molecule has 0 aliphatic rings. The Bertz CT molecular complexity index is 372. The Morgan fingerprint density at radius 2 is 2.46 bits per heavy atom. The van der Waals surface area contributed by atoms with Crippen molar-refractivity contribution in [3.05, 3.63) is 10.7 Å². The lowest BCUT2D eigenvalue weighted by molar-refractivity contribution is 1.10. The van der Waals surface area contributed by atoms with E-state index >= 15 is 0 Å². The van der Waals surface area contributed by atoms with Crippen LogP contribution in [-0.4, -0.2) is 10.9 Å². The van der Waals surface area contributed by atoms with Gasteiger partial charge in [0.1, 0.15) is 16.6 Å². The van der Waals surface area contributed by atoms with E-state index in [9.17, 15) is 0 Å². The van der Waals surface area contributed by atoms with Crippen LogP contribution in [0.15, 0.2) is 0 Å². The van der Waals surface area contributed by atoms with Crippen molar-refractivity contribution in [1.29, 1.82) is 5.26 Å². The highest BCUT2D eigenvalue weighted by atomic mass is 35.5. The summed E-state index contributed by atoms with van der Waals surface area (Å²) in [7, 11) is 0. The van der Waals surface area contributed by atoms with E-state index in [1.54, 1.807) is 0 Å². The summed E-state index contributed by atoms with van der Waals surface area (Å²) < 4.78 is 3.84. The number of anilines is 1. The normalized spacial score (nSPS) is 8.85. The minimum Gasteiger partial charge on any atom is -0.374 e.